The molecule has 0 N–H and O–H groups in total. The molecule has 1 aliphatic heterocycles. The molecule has 1 atom stereocenters. The summed E-state index contributed by atoms with van der Waals surface area (Å²) in [6.07, 6.45) is 3.50. The van der Waals surface area contributed by atoms with Crippen LogP contribution in [0.3, 0.4) is 0 Å². The molecule has 0 radical (unpaired) electrons. The quantitative estimate of drug-likeness (QED) is 0.757. The number of aryl methyl sites for hydroxylation is 2. The third kappa shape index (κ3) is 2.57. The van der Waals surface area contributed by atoms with Crippen LogP contribution < -0.4 is 0 Å². The summed E-state index contributed by atoms with van der Waals surface area (Å²) in [6.45, 7) is 2.05. The Morgan fingerprint density at radius 1 is 1.45 bits per heavy atom. The Hall–Kier alpha value is -1.41. The van der Waals surface area contributed by atoms with Gasteiger partial charge in [0.2, 0.25) is 0 Å². The molecule has 1 aromatic heterocycles. The largest absolute Gasteiger partial charge is 0.468 e. The molecular formula is C12H19N3O4S. The molecule has 0 aliphatic carbocycles. The summed E-state index contributed by atoms with van der Waals surface area (Å²) in [5.41, 5.74) is 0. The van der Waals surface area contributed by atoms with Crippen molar-refractivity contribution in [3.05, 3.63) is 12.0 Å². The van der Waals surface area contributed by atoms with E-state index in [1.807, 2.05) is 0 Å². The van der Waals surface area contributed by atoms with E-state index >= 15 is 0 Å². The molecule has 112 valence electrons. The van der Waals surface area contributed by atoms with E-state index in [9.17, 15) is 13.2 Å². The zero-order valence-electron chi connectivity index (χ0n) is 11.9. The van der Waals surface area contributed by atoms with Crippen molar-refractivity contribution < 1.29 is 17.9 Å². The number of piperidine rings is 1. The second-order valence-corrected chi connectivity index (χ2v) is 6.73. The van der Waals surface area contributed by atoms with Crippen molar-refractivity contribution in [2.45, 2.75) is 37.3 Å². The van der Waals surface area contributed by atoms with E-state index in [1.165, 1.54) is 17.6 Å². The van der Waals surface area contributed by atoms with E-state index in [0.717, 1.165) is 12.8 Å². The maximum atomic E-state index is 12.6. The van der Waals surface area contributed by atoms with Gasteiger partial charge < -0.3 is 9.30 Å². The smallest absolute Gasteiger partial charge is 0.324 e. The average molecular weight is 301 g/mol. The van der Waals surface area contributed by atoms with Crippen LogP contribution in [0, 0.1) is 6.92 Å². The first-order chi connectivity index (χ1) is 9.37. The van der Waals surface area contributed by atoms with Gasteiger partial charge in [0.05, 0.1) is 7.11 Å². The van der Waals surface area contributed by atoms with Gasteiger partial charge in [-0.3, -0.25) is 4.79 Å². The number of methoxy groups -OCH3 is 1. The second-order valence-electron chi connectivity index (χ2n) is 4.89. The zero-order valence-corrected chi connectivity index (χ0v) is 12.7. The molecule has 1 fully saturated rings. The molecular weight excluding hydrogens is 282 g/mol. The van der Waals surface area contributed by atoms with Gasteiger partial charge in [0, 0.05) is 19.8 Å². The minimum Gasteiger partial charge on any atom is -0.468 e. The number of carbonyl (C=O) groups excluding carboxylic acids is 1. The van der Waals surface area contributed by atoms with Gasteiger partial charge in [-0.1, -0.05) is 0 Å². The Labute approximate surface area is 118 Å². The van der Waals surface area contributed by atoms with Gasteiger partial charge in [0.1, 0.15) is 11.9 Å². The number of ether oxygens (including phenoxy) is 1. The number of aromatic nitrogens is 2. The van der Waals surface area contributed by atoms with Crippen LogP contribution in [0.1, 0.15) is 25.1 Å². The average Bonchev–Trinajstić information content (AvgIpc) is 2.78. The molecule has 2 rings (SSSR count). The van der Waals surface area contributed by atoms with Crippen molar-refractivity contribution in [3.8, 4) is 0 Å². The monoisotopic (exact) mass is 301 g/mol. The predicted molar refractivity (Wildman–Crippen MR) is 71.5 cm³/mol. The predicted octanol–water partition coefficient (Wildman–Crippen LogP) is 0.445. The maximum absolute atomic E-state index is 12.6. The van der Waals surface area contributed by atoms with Gasteiger partial charge >= 0.3 is 5.97 Å². The fraction of sp³-hybridized carbons (Fsp3) is 0.667. The highest BCUT2D eigenvalue weighted by atomic mass is 32.2. The summed E-state index contributed by atoms with van der Waals surface area (Å²) < 4.78 is 32.8. The second kappa shape index (κ2) is 5.53. The van der Waals surface area contributed by atoms with Crippen molar-refractivity contribution in [2.24, 2.45) is 7.05 Å². The third-order valence-electron chi connectivity index (χ3n) is 3.59. The summed E-state index contributed by atoms with van der Waals surface area (Å²) in [5.74, 6) is 0.0936. The molecule has 8 heteroatoms. The first kappa shape index (κ1) is 15.0. The standard InChI is InChI=1S/C12H19N3O4S/c1-9-13-11(8-14(9)2)20(17,18)15-7-5-4-6-10(15)12(16)19-3/h8,10H,4-7H2,1-3H3/t10-/m1/s1. The lowest BCUT2D eigenvalue weighted by atomic mass is 10.1. The minimum atomic E-state index is -3.77. The van der Waals surface area contributed by atoms with E-state index in [0.29, 0.717) is 18.8 Å². The topological polar surface area (TPSA) is 81.5 Å². The Kier molecular flexibility index (Phi) is 4.14. The van der Waals surface area contributed by atoms with Gasteiger partial charge in [-0.05, 0) is 26.2 Å². The highest BCUT2D eigenvalue weighted by molar-refractivity contribution is 7.89. The fourth-order valence-corrected chi connectivity index (χ4v) is 4.01. The Morgan fingerprint density at radius 2 is 2.15 bits per heavy atom. The summed E-state index contributed by atoms with van der Waals surface area (Å²) >= 11 is 0. The molecule has 0 spiro atoms. The number of nitrogens with zero attached hydrogens (tertiary/aromatic N) is 3. The van der Waals surface area contributed by atoms with Crippen LogP contribution in [-0.4, -0.2) is 47.9 Å². The minimum absolute atomic E-state index is 0.0201. The van der Waals surface area contributed by atoms with Crippen LogP contribution in [0.15, 0.2) is 11.2 Å². The lowest BCUT2D eigenvalue weighted by molar-refractivity contribution is -0.146. The van der Waals surface area contributed by atoms with Gasteiger partial charge in [0.15, 0.2) is 5.03 Å². The number of sulfonamides is 1. The summed E-state index contributed by atoms with van der Waals surface area (Å²) in [7, 11) is -0.765. The zero-order chi connectivity index (χ0) is 14.9. The molecule has 0 aromatic carbocycles. The Bertz CT molecular complexity index is 589. The van der Waals surface area contributed by atoms with Crippen LogP contribution in [0.5, 0.6) is 0 Å². The molecule has 7 nitrogen and oxygen atoms in total. The van der Waals surface area contributed by atoms with Crippen molar-refractivity contribution in [2.75, 3.05) is 13.7 Å². The molecule has 1 aromatic rings. The fourth-order valence-electron chi connectivity index (χ4n) is 2.34. The van der Waals surface area contributed by atoms with Crippen molar-refractivity contribution in [1.29, 1.82) is 0 Å². The van der Waals surface area contributed by atoms with Crippen molar-refractivity contribution >= 4 is 16.0 Å². The van der Waals surface area contributed by atoms with Crippen molar-refractivity contribution in [3.63, 3.8) is 0 Å². The van der Waals surface area contributed by atoms with Crippen LogP contribution in [0.2, 0.25) is 0 Å². The van der Waals surface area contributed by atoms with Gasteiger partial charge in [-0.25, -0.2) is 13.4 Å². The number of imidazole rings is 1. The lowest BCUT2D eigenvalue weighted by Gasteiger charge is -2.31. The third-order valence-corrected chi connectivity index (χ3v) is 5.37. The normalized spacial score (nSPS) is 20.9. The highest BCUT2D eigenvalue weighted by Crippen LogP contribution is 2.25. The number of hydrogen-bond donors (Lipinski definition) is 0. The molecule has 1 aliphatic rings. The van der Waals surface area contributed by atoms with Crippen molar-refractivity contribution in [1.82, 2.24) is 13.9 Å². The molecule has 0 bridgehead atoms. The van der Waals surface area contributed by atoms with Gasteiger partial charge in [0.25, 0.3) is 10.0 Å². The first-order valence-corrected chi connectivity index (χ1v) is 7.91. The summed E-state index contributed by atoms with van der Waals surface area (Å²) in [6, 6.07) is -0.749. The van der Waals surface area contributed by atoms with E-state index in [-0.39, 0.29) is 5.03 Å². The maximum Gasteiger partial charge on any atom is 0.324 e. The molecule has 0 saturated carbocycles. The van der Waals surface area contributed by atoms with Crippen LogP contribution >= 0.6 is 0 Å². The highest BCUT2D eigenvalue weighted by Gasteiger charge is 2.39. The van der Waals surface area contributed by atoms with E-state index in [4.69, 9.17) is 4.74 Å². The molecule has 20 heavy (non-hydrogen) atoms. The Balaban J connectivity index is 2.37. The van der Waals surface area contributed by atoms with Crippen LogP contribution in [0.4, 0.5) is 0 Å². The SMILES string of the molecule is COC(=O)[C@H]1CCCCN1S(=O)(=O)c1cn(C)c(C)n1. The van der Waals surface area contributed by atoms with Crippen LogP contribution in [0.25, 0.3) is 0 Å². The molecule has 1 saturated heterocycles. The molecule has 0 unspecified atom stereocenters. The number of hydrogen-bond acceptors (Lipinski definition) is 5. The van der Waals surface area contributed by atoms with E-state index in [1.54, 1.807) is 18.5 Å². The van der Waals surface area contributed by atoms with Gasteiger partial charge in [-0.2, -0.15) is 4.31 Å². The first-order valence-electron chi connectivity index (χ1n) is 6.47. The van der Waals surface area contributed by atoms with E-state index < -0.39 is 22.0 Å². The molecule has 2 heterocycles. The van der Waals surface area contributed by atoms with Crippen LogP contribution in [-0.2, 0) is 26.6 Å². The van der Waals surface area contributed by atoms with E-state index in [2.05, 4.69) is 4.98 Å². The lowest BCUT2D eigenvalue weighted by Crippen LogP contribution is -2.48. The number of carbonyl (C=O) groups is 1. The summed E-state index contributed by atoms with van der Waals surface area (Å²) in [4.78, 5) is 15.8. The number of esters is 1. The summed E-state index contributed by atoms with van der Waals surface area (Å²) in [5, 5.41) is -0.0201. The molecule has 0 amide bonds. The number of rotatable bonds is 3. The Morgan fingerprint density at radius 3 is 2.70 bits per heavy atom. The van der Waals surface area contributed by atoms with Gasteiger partial charge in [-0.15, -0.1) is 0 Å².